The van der Waals surface area contributed by atoms with Gasteiger partial charge in [0, 0.05) is 31.9 Å². The van der Waals surface area contributed by atoms with Gasteiger partial charge in [-0.3, -0.25) is 0 Å². The van der Waals surface area contributed by atoms with Gasteiger partial charge in [-0.05, 0) is 18.4 Å². The van der Waals surface area contributed by atoms with Gasteiger partial charge in [-0.2, -0.15) is 26.3 Å². The van der Waals surface area contributed by atoms with Crippen LogP contribution in [0.4, 0.5) is 32.3 Å². The fraction of sp³-hybridized carbons (Fsp3) is 0.500. The number of anilines is 1. The van der Waals surface area contributed by atoms with Crippen molar-refractivity contribution < 1.29 is 26.3 Å². The number of nitrogens with one attached hydrogen (secondary N) is 1. The van der Waals surface area contributed by atoms with Crippen molar-refractivity contribution in [3.63, 3.8) is 0 Å². The number of rotatable bonds is 3. The zero-order valence-electron chi connectivity index (χ0n) is 12.7. The van der Waals surface area contributed by atoms with Crippen molar-refractivity contribution in [3.05, 3.63) is 35.7 Å². The lowest BCUT2D eigenvalue weighted by Crippen LogP contribution is -2.26. The Morgan fingerprint density at radius 2 is 1.80 bits per heavy atom. The maximum atomic E-state index is 12.7. The summed E-state index contributed by atoms with van der Waals surface area (Å²) in [6, 6.07) is 0.766. The molecule has 25 heavy (non-hydrogen) atoms. The van der Waals surface area contributed by atoms with Gasteiger partial charge in [0.25, 0.3) is 0 Å². The van der Waals surface area contributed by atoms with Crippen molar-refractivity contribution in [1.29, 1.82) is 0 Å². The van der Waals surface area contributed by atoms with Crippen molar-refractivity contribution in [2.45, 2.75) is 31.7 Å². The summed E-state index contributed by atoms with van der Waals surface area (Å²) in [5, 5.41) is 2.72. The molecule has 136 valence electrons. The molecule has 3 heterocycles. The second kappa shape index (κ2) is 6.19. The van der Waals surface area contributed by atoms with Crippen molar-refractivity contribution >= 4 is 5.95 Å². The molecule has 2 aromatic heterocycles. The van der Waals surface area contributed by atoms with Gasteiger partial charge >= 0.3 is 12.4 Å². The molecule has 0 aliphatic carbocycles. The number of fused-ring (bicyclic) bond motifs is 1. The van der Waals surface area contributed by atoms with Crippen LogP contribution in [0.2, 0.25) is 0 Å². The average molecular weight is 365 g/mol. The standard InChI is InChI=1S/C14H13F6N5/c15-13(16,17)9-3-4-21-12(24-9)22-5-8-1-2-11-23-10(14(18,19)20)7-25(11)6-8/h3-4,7-8H,1-2,5-6H2,(H,21,22,24)/t8-/m0/s1. The highest BCUT2D eigenvalue weighted by molar-refractivity contribution is 5.26. The Kier molecular flexibility index (Phi) is 4.33. The van der Waals surface area contributed by atoms with Crippen LogP contribution < -0.4 is 5.32 Å². The van der Waals surface area contributed by atoms with Crippen molar-refractivity contribution in [2.24, 2.45) is 5.92 Å². The predicted molar refractivity (Wildman–Crippen MR) is 74.6 cm³/mol. The SMILES string of the molecule is FC(F)(F)c1ccnc(NC[C@@H]2CCc3nc(C(F)(F)F)cn3C2)n1. The van der Waals surface area contributed by atoms with Crippen molar-refractivity contribution in [1.82, 2.24) is 19.5 Å². The Morgan fingerprint density at radius 3 is 2.48 bits per heavy atom. The number of aryl methyl sites for hydroxylation is 1. The number of alkyl halides is 6. The van der Waals surface area contributed by atoms with E-state index in [1.54, 1.807) is 0 Å². The summed E-state index contributed by atoms with van der Waals surface area (Å²) in [6.45, 7) is 0.546. The third kappa shape index (κ3) is 4.02. The summed E-state index contributed by atoms with van der Waals surface area (Å²) in [5.41, 5.74) is -1.99. The highest BCUT2D eigenvalue weighted by Crippen LogP contribution is 2.31. The van der Waals surface area contributed by atoms with Crippen molar-refractivity contribution in [3.8, 4) is 0 Å². The maximum Gasteiger partial charge on any atom is 0.434 e. The molecule has 0 aromatic carbocycles. The molecular formula is C14H13F6N5. The van der Waals surface area contributed by atoms with E-state index in [0.717, 1.165) is 18.5 Å². The molecule has 1 aliphatic rings. The van der Waals surface area contributed by atoms with Crippen LogP contribution in [0.25, 0.3) is 0 Å². The van der Waals surface area contributed by atoms with Gasteiger partial charge in [-0.1, -0.05) is 0 Å². The molecule has 1 aliphatic heterocycles. The average Bonchev–Trinajstić information content (AvgIpc) is 2.96. The molecule has 5 nitrogen and oxygen atoms in total. The summed E-state index contributed by atoms with van der Waals surface area (Å²) in [5.74, 6) is 0.127. The fourth-order valence-electron chi connectivity index (χ4n) is 2.66. The lowest BCUT2D eigenvalue weighted by molar-refractivity contribution is -0.141. The Labute approximate surface area is 138 Å². The summed E-state index contributed by atoms with van der Waals surface area (Å²) >= 11 is 0. The van der Waals surface area contributed by atoms with Gasteiger partial charge in [0.05, 0.1) is 0 Å². The van der Waals surface area contributed by atoms with E-state index in [1.165, 1.54) is 4.57 Å². The minimum atomic E-state index is -4.57. The molecule has 1 N–H and O–H groups in total. The summed E-state index contributed by atoms with van der Waals surface area (Å²) in [6.07, 6.45) is -6.16. The third-order valence-electron chi connectivity index (χ3n) is 3.88. The second-order valence-corrected chi connectivity index (χ2v) is 5.74. The van der Waals surface area contributed by atoms with E-state index in [4.69, 9.17) is 0 Å². The van der Waals surface area contributed by atoms with Gasteiger partial charge in [0.1, 0.15) is 11.5 Å². The maximum absolute atomic E-state index is 12.7. The second-order valence-electron chi connectivity index (χ2n) is 5.74. The Balaban J connectivity index is 1.63. The van der Waals surface area contributed by atoms with Gasteiger partial charge in [-0.25, -0.2) is 15.0 Å². The zero-order valence-corrected chi connectivity index (χ0v) is 12.7. The summed E-state index contributed by atoms with van der Waals surface area (Å²) < 4.78 is 77.3. The quantitative estimate of drug-likeness (QED) is 0.848. The highest BCUT2D eigenvalue weighted by atomic mass is 19.4. The molecule has 0 fully saturated rings. The first-order valence-corrected chi connectivity index (χ1v) is 7.40. The number of nitrogens with zero attached hydrogens (tertiary/aromatic N) is 4. The summed E-state index contributed by atoms with van der Waals surface area (Å²) in [7, 11) is 0. The van der Waals surface area contributed by atoms with Gasteiger partial charge in [0.2, 0.25) is 5.95 Å². The van der Waals surface area contributed by atoms with Gasteiger partial charge < -0.3 is 9.88 Å². The zero-order chi connectivity index (χ0) is 18.2. The van der Waals surface area contributed by atoms with Gasteiger partial charge in [-0.15, -0.1) is 0 Å². The minimum absolute atomic E-state index is 0.0686. The molecule has 0 radical (unpaired) electrons. The number of hydrogen-bond donors (Lipinski definition) is 1. The molecule has 0 spiro atoms. The highest BCUT2D eigenvalue weighted by Gasteiger charge is 2.36. The van der Waals surface area contributed by atoms with E-state index in [0.29, 0.717) is 25.2 Å². The van der Waals surface area contributed by atoms with E-state index < -0.39 is 23.7 Å². The van der Waals surface area contributed by atoms with E-state index in [1.807, 2.05) is 0 Å². The smallest absolute Gasteiger partial charge is 0.354 e. The molecule has 1 atom stereocenters. The van der Waals surface area contributed by atoms with E-state index in [2.05, 4.69) is 20.3 Å². The Bertz CT molecular complexity index is 751. The van der Waals surface area contributed by atoms with Crippen LogP contribution in [0.5, 0.6) is 0 Å². The molecule has 0 bridgehead atoms. The Hall–Kier alpha value is -2.33. The first-order chi connectivity index (χ1) is 11.6. The molecule has 0 saturated carbocycles. The van der Waals surface area contributed by atoms with Crippen LogP contribution in [0.1, 0.15) is 23.6 Å². The van der Waals surface area contributed by atoms with Crippen molar-refractivity contribution in [2.75, 3.05) is 11.9 Å². The van der Waals surface area contributed by atoms with E-state index in [-0.39, 0.29) is 18.4 Å². The molecule has 0 unspecified atom stereocenters. The number of aromatic nitrogens is 4. The predicted octanol–water partition coefficient (Wildman–Crippen LogP) is 3.39. The first kappa shape index (κ1) is 17.5. The molecule has 0 amide bonds. The van der Waals surface area contributed by atoms with Crippen LogP contribution in [0.15, 0.2) is 18.5 Å². The largest absolute Gasteiger partial charge is 0.434 e. The molecule has 11 heteroatoms. The molecular weight excluding hydrogens is 352 g/mol. The topological polar surface area (TPSA) is 55.6 Å². The lowest BCUT2D eigenvalue weighted by Gasteiger charge is -2.23. The molecule has 3 rings (SSSR count). The lowest BCUT2D eigenvalue weighted by atomic mass is 9.99. The molecule has 2 aromatic rings. The van der Waals surface area contributed by atoms with Crippen LogP contribution in [-0.4, -0.2) is 26.1 Å². The number of imidazole rings is 1. The van der Waals surface area contributed by atoms with Gasteiger partial charge in [0.15, 0.2) is 5.69 Å². The van der Waals surface area contributed by atoms with Crippen LogP contribution in [0.3, 0.4) is 0 Å². The number of halogens is 6. The Morgan fingerprint density at radius 1 is 1.08 bits per heavy atom. The van der Waals surface area contributed by atoms with Crippen LogP contribution in [-0.2, 0) is 25.3 Å². The monoisotopic (exact) mass is 365 g/mol. The number of hydrogen-bond acceptors (Lipinski definition) is 4. The minimum Gasteiger partial charge on any atom is -0.354 e. The molecule has 0 saturated heterocycles. The van der Waals surface area contributed by atoms with E-state index >= 15 is 0 Å². The van der Waals surface area contributed by atoms with Crippen LogP contribution in [0, 0.1) is 5.92 Å². The first-order valence-electron chi connectivity index (χ1n) is 7.40. The third-order valence-corrected chi connectivity index (χ3v) is 3.88. The summed E-state index contributed by atoms with van der Waals surface area (Å²) in [4.78, 5) is 10.7. The van der Waals surface area contributed by atoms with E-state index in [9.17, 15) is 26.3 Å². The fourth-order valence-corrected chi connectivity index (χ4v) is 2.66. The normalized spacial score (nSPS) is 18.1. The van der Waals surface area contributed by atoms with Crippen LogP contribution >= 0.6 is 0 Å².